The molecule has 5 heteroatoms. The van der Waals surface area contributed by atoms with Gasteiger partial charge in [0, 0.05) is 37.4 Å². The predicted molar refractivity (Wildman–Crippen MR) is 86.3 cm³/mol. The van der Waals surface area contributed by atoms with Crippen LogP contribution in [0.25, 0.3) is 11.3 Å². The Morgan fingerprint density at radius 3 is 2.41 bits per heavy atom. The quantitative estimate of drug-likeness (QED) is 0.941. The first-order valence-corrected chi connectivity index (χ1v) is 7.38. The third-order valence-corrected chi connectivity index (χ3v) is 3.97. The van der Waals surface area contributed by atoms with E-state index in [9.17, 15) is 9.90 Å². The zero-order chi connectivity index (χ0) is 15.5. The first kappa shape index (κ1) is 14.5. The molecule has 5 nitrogen and oxygen atoms in total. The van der Waals surface area contributed by atoms with Crippen LogP contribution in [0.1, 0.15) is 10.5 Å². The topological polar surface area (TPSA) is 56.7 Å². The van der Waals surface area contributed by atoms with Gasteiger partial charge in [0.25, 0.3) is 0 Å². The van der Waals surface area contributed by atoms with Gasteiger partial charge in [-0.15, -0.1) is 0 Å². The molecule has 1 aliphatic heterocycles. The molecule has 0 amide bonds. The smallest absolute Gasteiger partial charge is 0.354 e. The fourth-order valence-corrected chi connectivity index (χ4v) is 2.63. The van der Waals surface area contributed by atoms with Gasteiger partial charge in [0.1, 0.15) is 0 Å². The lowest BCUT2D eigenvalue weighted by Crippen LogP contribution is -2.44. The number of carboxylic acids is 1. The molecule has 1 N–H and O–H groups in total. The van der Waals surface area contributed by atoms with Crippen molar-refractivity contribution in [1.82, 2.24) is 9.88 Å². The molecule has 0 bridgehead atoms. The van der Waals surface area contributed by atoms with Crippen molar-refractivity contribution >= 4 is 11.7 Å². The number of likely N-dealkylation sites (N-methyl/N-ethyl adjacent to an activating group) is 1. The highest BCUT2D eigenvalue weighted by molar-refractivity contribution is 5.88. The van der Waals surface area contributed by atoms with E-state index in [1.165, 1.54) is 0 Å². The maximum Gasteiger partial charge on any atom is 0.354 e. The molecule has 3 rings (SSSR count). The van der Waals surface area contributed by atoms with E-state index >= 15 is 0 Å². The molecule has 1 fully saturated rings. The van der Waals surface area contributed by atoms with Crippen molar-refractivity contribution in [3.63, 3.8) is 0 Å². The van der Waals surface area contributed by atoms with Gasteiger partial charge in [-0.3, -0.25) is 0 Å². The van der Waals surface area contributed by atoms with Crippen LogP contribution in [-0.4, -0.2) is 54.2 Å². The van der Waals surface area contributed by atoms with Crippen LogP contribution in [0.3, 0.4) is 0 Å². The molecule has 1 aromatic carbocycles. The largest absolute Gasteiger partial charge is 0.477 e. The van der Waals surface area contributed by atoms with E-state index < -0.39 is 5.97 Å². The number of carboxylic acid groups (broad SMARTS) is 1. The third-order valence-electron chi connectivity index (χ3n) is 3.97. The first-order chi connectivity index (χ1) is 10.6. The van der Waals surface area contributed by atoms with Crippen LogP contribution in [0.2, 0.25) is 0 Å². The molecule has 22 heavy (non-hydrogen) atoms. The summed E-state index contributed by atoms with van der Waals surface area (Å²) in [5.74, 6) is -0.992. The normalized spacial score (nSPS) is 15.8. The number of piperazine rings is 1. The maximum absolute atomic E-state index is 11.4. The number of aromatic carboxylic acids is 1. The van der Waals surface area contributed by atoms with Crippen molar-refractivity contribution in [3.05, 3.63) is 48.2 Å². The van der Waals surface area contributed by atoms with E-state index in [0.29, 0.717) is 5.69 Å². The number of aromatic nitrogens is 1. The fraction of sp³-hybridized carbons (Fsp3) is 0.294. The lowest BCUT2D eigenvalue weighted by Gasteiger charge is -2.34. The average molecular weight is 297 g/mol. The molecule has 2 aromatic rings. The van der Waals surface area contributed by atoms with E-state index in [2.05, 4.69) is 21.8 Å². The van der Waals surface area contributed by atoms with Gasteiger partial charge in [0.2, 0.25) is 0 Å². The molecule has 1 aromatic heterocycles. The van der Waals surface area contributed by atoms with Crippen LogP contribution in [-0.2, 0) is 0 Å². The lowest BCUT2D eigenvalue weighted by molar-refractivity contribution is 0.0690. The van der Waals surface area contributed by atoms with E-state index in [-0.39, 0.29) is 5.69 Å². The Labute approximate surface area is 129 Å². The summed E-state index contributed by atoms with van der Waals surface area (Å²) in [6, 6.07) is 13.3. The molecule has 0 radical (unpaired) electrons. The van der Waals surface area contributed by atoms with Crippen LogP contribution >= 0.6 is 0 Å². The fourth-order valence-electron chi connectivity index (χ4n) is 2.63. The van der Waals surface area contributed by atoms with Crippen molar-refractivity contribution in [2.45, 2.75) is 0 Å². The summed E-state index contributed by atoms with van der Waals surface area (Å²) in [6.45, 7) is 3.75. The summed E-state index contributed by atoms with van der Waals surface area (Å²) < 4.78 is 0. The summed E-state index contributed by atoms with van der Waals surface area (Å²) in [4.78, 5) is 20.2. The Balaban J connectivity index is 1.99. The van der Waals surface area contributed by atoms with Gasteiger partial charge >= 0.3 is 5.97 Å². The molecule has 0 atom stereocenters. The Morgan fingerprint density at radius 1 is 1.09 bits per heavy atom. The van der Waals surface area contributed by atoms with Crippen LogP contribution in [0, 0.1) is 0 Å². The molecule has 0 unspecified atom stereocenters. The van der Waals surface area contributed by atoms with Crippen LogP contribution in [0.4, 0.5) is 5.69 Å². The molecule has 114 valence electrons. The Morgan fingerprint density at radius 2 is 1.77 bits per heavy atom. The van der Waals surface area contributed by atoms with Gasteiger partial charge in [0.15, 0.2) is 5.69 Å². The molecule has 1 saturated heterocycles. The summed E-state index contributed by atoms with van der Waals surface area (Å²) in [7, 11) is 2.10. The van der Waals surface area contributed by atoms with Gasteiger partial charge in [0.05, 0.1) is 5.69 Å². The zero-order valence-electron chi connectivity index (χ0n) is 12.6. The van der Waals surface area contributed by atoms with Gasteiger partial charge < -0.3 is 14.9 Å². The van der Waals surface area contributed by atoms with Crippen LogP contribution in [0.5, 0.6) is 0 Å². The number of anilines is 1. The number of pyridine rings is 1. The zero-order valence-corrected chi connectivity index (χ0v) is 12.6. The average Bonchev–Trinajstić information content (AvgIpc) is 2.56. The Kier molecular flexibility index (Phi) is 4.06. The monoisotopic (exact) mass is 297 g/mol. The van der Waals surface area contributed by atoms with Crippen molar-refractivity contribution < 1.29 is 9.90 Å². The Bertz CT molecular complexity index is 665. The molecule has 0 saturated carbocycles. The minimum atomic E-state index is -0.992. The van der Waals surface area contributed by atoms with Gasteiger partial charge in [-0.1, -0.05) is 30.3 Å². The highest BCUT2D eigenvalue weighted by Crippen LogP contribution is 2.25. The lowest BCUT2D eigenvalue weighted by atomic mass is 10.1. The number of benzene rings is 1. The molecule has 2 heterocycles. The summed E-state index contributed by atoms with van der Waals surface area (Å²) >= 11 is 0. The van der Waals surface area contributed by atoms with Gasteiger partial charge in [-0.05, 0) is 19.2 Å². The highest BCUT2D eigenvalue weighted by Gasteiger charge is 2.18. The minimum absolute atomic E-state index is 0.0929. The standard InChI is InChI=1S/C17H19N3O2/c1-19-7-9-20(10-8-19)14-11-15(13-5-3-2-4-6-13)18-16(12-14)17(21)22/h2-6,11-12H,7-10H2,1H3,(H,21,22). The summed E-state index contributed by atoms with van der Waals surface area (Å²) in [6.07, 6.45) is 0. The van der Waals surface area contributed by atoms with Gasteiger partial charge in [-0.25, -0.2) is 9.78 Å². The number of hydrogen-bond donors (Lipinski definition) is 1. The number of nitrogens with zero attached hydrogens (tertiary/aromatic N) is 3. The second-order valence-electron chi connectivity index (χ2n) is 5.56. The van der Waals surface area contributed by atoms with Crippen molar-refractivity contribution in [2.75, 3.05) is 38.1 Å². The van der Waals surface area contributed by atoms with E-state index in [0.717, 1.165) is 37.4 Å². The summed E-state index contributed by atoms with van der Waals surface area (Å²) in [5.41, 5.74) is 2.66. The number of hydrogen-bond acceptors (Lipinski definition) is 4. The highest BCUT2D eigenvalue weighted by atomic mass is 16.4. The number of carbonyl (C=O) groups is 1. The second-order valence-corrected chi connectivity index (χ2v) is 5.56. The Hall–Kier alpha value is -2.40. The van der Waals surface area contributed by atoms with E-state index in [4.69, 9.17) is 0 Å². The molecular formula is C17H19N3O2. The summed E-state index contributed by atoms with van der Waals surface area (Å²) in [5, 5.41) is 9.33. The maximum atomic E-state index is 11.4. The predicted octanol–water partition coefficient (Wildman–Crippen LogP) is 2.20. The van der Waals surface area contributed by atoms with E-state index in [1.807, 2.05) is 36.4 Å². The molecule has 0 spiro atoms. The van der Waals surface area contributed by atoms with Gasteiger partial charge in [-0.2, -0.15) is 0 Å². The SMILES string of the molecule is CN1CCN(c2cc(C(=O)O)nc(-c3ccccc3)c2)CC1. The minimum Gasteiger partial charge on any atom is -0.477 e. The van der Waals surface area contributed by atoms with E-state index in [1.54, 1.807) is 6.07 Å². The number of rotatable bonds is 3. The van der Waals surface area contributed by atoms with Crippen LogP contribution in [0.15, 0.2) is 42.5 Å². The second kappa shape index (κ2) is 6.15. The van der Waals surface area contributed by atoms with Crippen molar-refractivity contribution in [1.29, 1.82) is 0 Å². The van der Waals surface area contributed by atoms with Crippen molar-refractivity contribution in [3.8, 4) is 11.3 Å². The molecule has 1 aliphatic rings. The molecule has 0 aliphatic carbocycles. The van der Waals surface area contributed by atoms with Crippen molar-refractivity contribution in [2.24, 2.45) is 0 Å². The third kappa shape index (κ3) is 3.09. The molecular weight excluding hydrogens is 278 g/mol. The van der Waals surface area contributed by atoms with Crippen LogP contribution < -0.4 is 4.90 Å². The first-order valence-electron chi connectivity index (χ1n) is 7.38.